The molecule has 0 atom stereocenters. The highest BCUT2D eigenvalue weighted by atomic mass is 16.6. The van der Waals surface area contributed by atoms with Crippen LogP contribution in [0.1, 0.15) is 31.1 Å². The summed E-state index contributed by atoms with van der Waals surface area (Å²) in [6.07, 6.45) is 6.10. The van der Waals surface area contributed by atoms with Gasteiger partial charge in [0, 0.05) is 17.1 Å². The van der Waals surface area contributed by atoms with Crippen molar-refractivity contribution in [2.45, 2.75) is 26.4 Å². The van der Waals surface area contributed by atoms with Gasteiger partial charge in [-0.3, -0.25) is 13.9 Å². The molecule has 23 heavy (non-hydrogen) atoms. The maximum Gasteiger partial charge on any atom is 0.419 e. The first kappa shape index (κ1) is 14.9. The van der Waals surface area contributed by atoms with E-state index in [1.54, 1.807) is 31.4 Å². The normalized spacial score (nSPS) is 11.6. The Bertz CT molecular complexity index is 875. The van der Waals surface area contributed by atoms with Crippen molar-refractivity contribution < 1.29 is 14.3 Å². The maximum absolute atomic E-state index is 12.3. The minimum Gasteiger partial charge on any atom is -0.443 e. The first-order valence-electron chi connectivity index (χ1n) is 6.94. The number of carbonyl (C=O) groups excluding carboxylic acids is 2. The van der Waals surface area contributed by atoms with Crippen molar-refractivity contribution in [3.8, 4) is 5.82 Å². The van der Waals surface area contributed by atoms with Crippen molar-refractivity contribution in [2.24, 2.45) is 0 Å². The molecule has 3 heterocycles. The van der Waals surface area contributed by atoms with Crippen LogP contribution >= 0.6 is 0 Å². The van der Waals surface area contributed by atoms with Crippen LogP contribution in [0, 0.1) is 0 Å². The van der Waals surface area contributed by atoms with Gasteiger partial charge in [-0.15, -0.1) is 10.2 Å². The van der Waals surface area contributed by atoms with E-state index in [1.165, 1.54) is 29.6 Å². The highest BCUT2D eigenvalue weighted by Gasteiger charge is 2.21. The molecule has 0 radical (unpaired) electrons. The summed E-state index contributed by atoms with van der Waals surface area (Å²) in [5, 5.41) is 8.04. The molecule has 0 saturated heterocycles. The summed E-state index contributed by atoms with van der Waals surface area (Å²) in [4.78, 5) is 27.9. The second-order valence-electron chi connectivity index (χ2n) is 5.98. The number of nitrogens with zero attached hydrogens (tertiary/aromatic N) is 5. The summed E-state index contributed by atoms with van der Waals surface area (Å²) in [6.45, 7) is 5.33. The van der Waals surface area contributed by atoms with Gasteiger partial charge in [-0.05, 0) is 26.8 Å². The Morgan fingerprint density at radius 3 is 2.57 bits per heavy atom. The molecule has 0 fully saturated rings. The third-order valence-electron chi connectivity index (χ3n) is 3.11. The van der Waals surface area contributed by atoms with Crippen LogP contribution in [-0.4, -0.2) is 42.3 Å². The Labute approximate surface area is 131 Å². The zero-order chi connectivity index (χ0) is 16.6. The van der Waals surface area contributed by atoms with Crippen molar-refractivity contribution in [1.29, 1.82) is 0 Å². The third kappa shape index (κ3) is 2.83. The van der Waals surface area contributed by atoms with Crippen molar-refractivity contribution >= 4 is 23.3 Å². The predicted molar refractivity (Wildman–Crippen MR) is 81.7 cm³/mol. The highest BCUT2D eigenvalue weighted by Crippen LogP contribution is 2.23. The Morgan fingerprint density at radius 1 is 1.26 bits per heavy atom. The number of hydrogen-bond donors (Lipinski definition) is 0. The lowest BCUT2D eigenvalue weighted by Crippen LogP contribution is -2.26. The lowest BCUT2D eigenvalue weighted by Gasteiger charge is -2.19. The van der Waals surface area contributed by atoms with Gasteiger partial charge in [-0.2, -0.15) is 0 Å². The minimum absolute atomic E-state index is 0.377. The molecule has 0 amide bonds. The zero-order valence-electron chi connectivity index (χ0n) is 12.9. The van der Waals surface area contributed by atoms with Crippen LogP contribution in [0.15, 0.2) is 31.1 Å². The average molecular weight is 313 g/mol. The quantitative estimate of drug-likeness (QED) is 0.674. The molecule has 3 aromatic heterocycles. The Kier molecular flexibility index (Phi) is 3.44. The third-order valence-corrected chi connectivity index (χ3v) is 3.11. The van der Waals surface area contributed by atoms with Gasteiger partial charge in [-0.1, -0.05) is 0 Å². The molecule has 0 aliphatic heterocycles. The number of aldehydes is 1. The van der Waals surface area contributed by atoms with Gasteiger partial charge in [0.1, 0.15) is 24.1 Å². The highest BCUT2D eigenvalue weighted by molar-refractivity contribution is 6.01. The molecule has 0 aliphatic carbocycles. The van der Waals surface area contributed by atoms with Crippen molar-refractivity contribution in [3.05, 3.63) is 36.7 Å². The summed E-state index contributed by atoms with van der Waals surface area (Å²) in [7, 11) is 0. The van der Waals surface area contributed by atoms with E-state index in [-0.39, 0.29) is 0 Å². The minimum atomic E-state index is -0.634. The van der Waals surface area contributed by atoms with Crippen LogP contribution in [-0.2, 0) is 4.74 Å². The number of aromatic nitrogens is 5. The van der Waals surface area contributed by atoms with E-state index in [0.29, 0.717) is 28.6 Å². The van der Waals surface area contributed by atoms with E-state index >= 15 is 0 Å². The summed E-state index contributed by atoms with van der Waals surface area (Å²) in [5.41, 5.74) is 0.242. The molecule has 0 spiro atoms. The number of ether oxygens (including phenoxy) is 1. The first-order chi connectivity index (χ1) is 10.9. The molecule has 0 bridgehead atoms. The first-order valence-corrected chi connectivity index (χ1v) is 6.94. The molecule has 0 unspecified atom stereocenters. The molecule has 118 valence electrons. The van der Waals surface area contributed by atoms with Crippen LogP contribution in [0.2, 0.25) is 0 Å². The molecule has 8 nitrogen and oxygen atoms in total. The van der Waals surface area contributed by atoms with E-state index in [2.05, 4.69) is 15.2 Å². The second-order valence-corrected chi connectivity index (χ2v) is 5.98. The second kappa shape index (κ2) is 5.31. The maximum atomic E-state index is 12.3. The molecule has 3 aromatic rings. The summed E-state index contributed by atoms with van der Waals surface area (Å²) in [6, 6.07) is 1.70. The lowest BCUT2D eigenvalue weighted by atomic mass is 10.2. The van der Waals surface area contributed by atoms with Crippen LogP contribution < -0.4 is 0 Å². The van der Waals surface area contributed by atoms with E-state index < -0.39 is 11.7 Å². The Morgan fingerprint density at radius 2 is 1.96 bits per heavy atom. The monoisotopic (exact) mass is 313 g/mol. The number of carbonyl (C=O) groups is 2. The van der Waals surface area contributed by atoms with Crippen molar-refractivity contribution in [2.75, 3.05) is 0 Å². The fraction of sp³-hybridized carbons (Fsp3) is 0.267. The Balaban J connectivity index is 2.11. The largest absolute Gasteiger partial charge is 0.443 e. The SMILES string of the molecule is CC(C)(C)OC(=O)n1cc(C=O)c2cc(-n3cnnc3)ncc21. The molecular formula is C15H15N5O3. The van der Waals surface area contributed by atoms with Gasteiger partial charge < -0.3 is 4.74 Å². The topological polar surface area (TPSA) is 91.9 Å². The van der Waals surface area contributed by atoms with E-state index in [1.807, 2.05) is 0 Å². The van der Waals surface area contributed by atoms with Crippen molar-refractivity contribution in [3.63, 3.8) is 0 Å². The van der Waals surface area contributed by atoms with E-state index in [0.717, 1.165) is 0 Å². The average Bonchev–Trinajstić information content (AvgIpc) is 3.12. The molecule has 0 saturated carbocycles. The van der Waals surface area contributed by atoms with E-state index in [9.17, 15) is 9.59 Å². The van der Waals surface area contributed by atoms with Gasteiger partial charge >= 0.3 is 6.09 Å². The fourth-order valence-electron chi connectivity index (χ4n) is 2.15. The number of fused-ring (bicyclic) bond motifs is 1. The molecule has 8 heteroatoms. The summed E-state index contributed by atoms with van der Waals surface area (Å²) < 4.78 is 8.24. The standard InChI is InChI=1S/C15H15N5O3/c1-15(2,3)23-14(22)20-6-10(7-21)11-4-13(16-5-12(11)20)19-8-17-18-9-19/h4-9H,1-3H3. The van der Waals surface area contributed by atoms with Crippen LogP contribution in [0.4, 0.5) is 4.79 Å². The van der Waals surface area contributed by atoms with Crippen LogP contribution in [0.25, 0.3) is 16.7 Å². The summed E-state index contributed by atoms with van der Waals surface area (Å²) in [5.74, 6) is 0.549. The lowest BCUT2D eigenvalue weighted by molar-refractivity contribution is 0.0544. The molecular weight excluding hydrogens is 298 g/mol. The molecule has 0 N–H and O–H groups in total. The van der Waals surface area contributed by atoms with Gasteiger partial charge in [0.15, 0.2) is 6.29 Å². The number of pyridine rings is 1. The van der Waals surface area contributed by atoms with Crippen molar-refractivity contribution in [1.82, 2.24) is 24.3 Å². The Hall–Kier alpha value is -3.03. The fourth-order valence-corrected chi connectivity index (χ4v) is 2.15. The van der Waals surface area contributed by atoms with Gasteiger partial charge in [0.2, 0.25) is 0 Å². The van der Waals surface area contributed by atoms with Gasteiger partial charge in [0.05, 0.1) is 11.7 Å². The molecule has 3 rings (SSSR count). The number of rotatable bonds is 2. The smallest absolute Gasteiger partial charge is 0.419 e. The van der Waals surface area contributed by atoms with E-state index in [4.69, 9.17) is 4.74 Å². The van der Waals surface area contributed by atoms with Crippen LogP contribution in [0.5, 0.6) is 0 Å². The van der Waals surface area contributed by atoms with Gasteiger partial charge in [0.25, 0.3) is 0 Å². The zero-order valence-corrected chi connectivity index (χ0v) is 12.9. The predicted octanol–water partition coefficient (Wildman–Crippen LogP) is 2.21. The van der Waals surface area contributed by atoms with Gasteiger partial charge in [-0.25, -0.2) is 9.78 Å². The molecule has 0 aromatic carbocycles. The summed E-state index contributed by atoms with van der Waals surface area (Å²) >= 11 is 0. The molecule has 0 aliphatic rings. The number of hydrogen-bond acceptors (Lipinski definition) is 6. The van der Waals surface area contributed by atoms with Crippen LogP contribution in [0.3, 0.4) is 0 Å².